The van der Waals surface area contributed by atoms with E-state index in [2.05, 4.69) is 27.8 Å². The molecule has 2 N–H and O–H groups in total. The summed E-state index contributed by atoms with van der Waals surface area (Å²) in [6.45, 7) is 1.85. The minimum absolute atomic E-state index is 0. The molecule has 4 rings (SSSR count). The Labute approximate surface area is 199 Å². The van der Waals surface area contributed by atoms with Gasteiger partial charge in [-0.25, -0.2) is 0 Å². The summed E-state index contributed by atoms with van der Waals surface area (Å²) in [5.74, 6) is 1.10. The molecule has 1 heterocycles. The van der Waals surface area contributed by atoms with Gasteiger partial charge in [0.1, 0.15) is 0 Å². The normalized spacial score (nSPS) is 26.7. The molecule has 6 nitrogen and oxygen atoms in total. The van der Waals surface area contributed by atoms with Crippen LogP contribution in [0.2, 0.25) is 5.02 Å². The molecule has 4 atom stereocenters. The van der Waals surface area contributed by atoms with Gasteiger partial charge in [0, 0.05) is 31.7 Å². The monoisotopic (exact) mass is 542 g/mol. The van der Waals surface area contributed by atoms with Crippen molar-refractivity contribution in [3.63, 3.8) is 0 Å². The molecule has 1 saturated carbocycles. The Bertz CT molecular complexity index is 829. The molecule has 0 radical (unpaired) electrons. The zero-order valence-corrected chi connectivity index (χ0v) is 20.1. The Hall–Kier alpha value is -1.61. The quantitative estimate of drug-likeness (QED) is 0.139. The van der Waals surface area contributed by atoms with Gasteiger partial charge in [0.2, 0.25) is 11.8 Å². The van der Waals surface area contributed by atoms with Gasteiger partial charge < -0.3 is 10.6 Å². The first-order chi connectivity index (χ1) is 14.1. The van der Waals surface area contributed by atoms with E-state index in [9.17, 15) is 9.59 Å². The molecule has 4 unspecified atom stereocenters. The average molecular weight is 543 g/mol. The molecule has 2 bridgehead atoms. The van der Waals surface area contributed by atoms with Gasteiger partial charge >= 0.3 is 0 Å². The third-order valence-corrected chi connectivity index (χ3v) is 6.47. The molecular formula is C22H28ClIN4O2. The van der Waals surface area contributed by atoms with Crippen LogP contribution in [0, 0.1) is 23.7 Å². The van der Waals surface area contributed by atoms with Gasteiger partial charge in [0.05, 0.1) is 11.8 Å². The lowest BCUT2D eigenvalue weighted by Gasteiger charge is -2.18. The minimum atomic E-state index is -0.105. The van der Waals surface area contributed by atoms with Crippen molar-refractivity contribution in [3.05, 3.63) is 47.0 Å². The van der Waals surface area contributed by atoms with Crippen molar-refractivity contribution in [3.8, 4) is 0 Å². The standard InChI is InChI=1S/C22H27ClN4O2.HI/c1-24-22(26-10-8-14-4-2-5-17(23)12-14)25-9-3-11-27-20(28)18-15-6-7-16(13-15)19(18)21(27)29;/h2,4-7,12,15-16,18-19H,3,8-11,13H2,1H3,(H2,24,25,26);1H. The number of likely N-dealkylation sites (tertiary alicyclic amines) is 1. The summed E-state index contributed by atoms with van der Waals surface area (Å²) in [6.07, 6.45) is 6.77. The van der Waals surface area contributed by atoms with Crippen LogP contribution in [-0.2, 0) is 16.0 Å². The number of amides is 2. The fraction of sp³-hybridized carbons (Fsp3) is 0.500. The van der Waals surface area contributed by atoms with Crippen molar-refractivity contribution in [2.24, 2.45) is 28.7 Å². The Morgan fingerprint density at radius 2 is 1.80 bits per heavy atom. The molecule has 1 aliphatic heterocycles. The summed E-state index contributed by atoms with van der Waals surface area (Å²) in [4.78, 5) is 31.1. The summed E-state index contributed by atoms with van der Waals surface area (Å²) >= 11 is 6.01. The number of nitrogens with zero attached hydrogens (tertiary/aromatic N) is 2. The van der Waals surface area contributed by atoms with Crippen molar-refractivity contribution < 1.29 is 9.59 Å². The lowest BCUT2D eigenvalue weighted by Crippen LogP contribution is -2.40. The second-order valence-corrected chi connectivity index (χ2v) is 8.42. The molecule has 1 aromatic carbocycles. The van der Waals surface area contributed by atoms with Crippen LogP contribution in [0.15, 0.2) is 41.4 Å². The SMILES string of the molecule is CN=C(NCCCN1C(=O)C2C3C=CC(C3)C2C1=O)NCCc1cccc(Cl)c1.I. The molecule has 2 aliphatic carbocycles. The Balaban J connectivity index is 0.00000256. The predicted molar refractivity (Wildman–Crippen MR) is 129 cm³/mol. The lowest BCUT2D eigenvalue weighted by molar-refractivity contribution is -0.140. The van der Waals surface area contributed by atoms with E-state index in [-0.39, 0.29) is 59.5 Å². The Kier molecular flexibility index (Phi) is 7.79. The molecule has 2 fully saturated rings. The largest absolute Gasteiger partial charge is 0.356 e. The maximum atomic E-state index is 12.7. The van der Waals surface area contributed by atoms with E-state index < -0.39 is 0 Å². The summed E-state index contributed by atoms with van der Waals surface area (Å²) in [6, 6.07) is 7.82. The third-order valence-electron chi connectivity index (χ3n) is 6.23. The van der Waals surface area contributed by atoms with Crippen LogP contribution >= 0.6 is 35.6 Å². The summed E-state index contributed by atoms with van der Waals surface area (Å²) in [5.41, 5.74) is 1.17. The highest BCUT2D eigenvalue weighted by atomic mass is 127. The number of nitrogens with one attached hydrogen (secondary N) is 2. The predicted octanol–water partition coefficient (Wildman–Crippen LogP) is 2.86. The van der Waals surface area contributed by atoms with Crippen molar-refractivity contribution in [2.75, 3.05) is 26.7 Å². The zero-order valence-electron chi connectivity index (χ0n) is 17.0. The van der Waals surface area contributed by atoms with Gasteiger partial charge in [-0.3, -0.25) is 19.5 Å². The molecule has 0 spiro atoms. The van der Waals surface area contributed by atoms with E-state index in [0.717, 1.165) is 24.4 Å². The first-order valence-corrected chi connectivity index (χ1v) is 10.7. The fourth-order valence-electron chi connectivity index (χ4n) is 4.87. The lowest BCUT2D eigenvalue weighted by atomic mass is 9.85. The highest BCUT2D eigenvalue weighted by Crippen LogP contribution is 2.52. The first kappa shape index (κ1) is 23.1. The maximum absolute atomic E-state index is 12.7. The maximum Gasteiger partial charge on any atom is 0.233 e. The number of benzene rings is 1. The van der Waals surface area contributed by atoms with Crippen LogP contribution in [0.4, 0.5) is 0 Å². The van der Waals surface area contributed by atoms with Gasteiger partial charge in [0.15, 0.2) is 5.96 Å². The zero-order chi connectivity index (χ0) is 20.4. The number of carbonyl (C=O) groups excluding carboxylic acids is 2. The van der Waals surface area contributed by atoms with Crippen LogP contribution in [0.5, 0.6) is 0 Å². The molecule has 1 aromatic rings. The highest BCUT2D eigenvalue weighted by molar-refractivity contribution is 14.0. The minimum Gasteiger partial charge on any atom is -0.356 e. The number of guanidine groups is 1. The summed E-state index contributed by atoms with van der Waals surface area (Å²) in [7, 11) is 1.73. The van der Waals surface area contributed by atoms with Gasteiger partial charge in [-0.2, -0.15) is 0 Å². The van der Waals surface area contributed by atoms with Crippen LogP contribution < -0.4 is 10.6 Å². The third kappa shape index (κ3) is 4.66. The molecular weight excluding hydrogens is 515 g/mol. The van der Waals surface area contributed by atoms with Crippen molar-refractivity contribution in [2.45, 2.75) is 19.3 Å². The highest BCUT2D eigenvalue weighted by Gasteiger charge is 2.58. The van der Waals surface area contributed by atoms with Crippen molar-refractivity contribution in [1.29, 1.82) is 0 Å². The molecule has 162 valence electrons. The molecule has 30 heavy (non-hydrogen) atoms. The number of fused-ring (bicyclic) bond motifs is 5. The van der Waals surface area contributed by atoms with E-state index in [1.807, 2.05) is 24.3 Å². The van der Waals surface area contributed by atoms with Gasteiger partial charge in [0.25, 0.3) is 0 Å². The van der Waals surface area contributed by atoms with Crippen LogP contribution in [-0.4, -0.2) is 49.4 Å². The number of halogens is 2. The van der Waals surface area contributed by atoms with Gasteiger partial charge in [-0.1, -0.05) is 35.9 Å². The number of carbonyl (C=O) groups is 2. The number of allylic oxidation sites excluding steroid dienone is 2. The number of aliphatic imine (C=N–C) groups is 1. The van der Waals surface area contributed by atoms with Gasteiger partial charge in [-0.05, 0) is 48.8 Å². The Morgan fingerprint density at radius 1 is 1.13 bits per heavy atom. The number of rotatable bonds is 7. The summed E-state index contributed by atoms with van der Waals surface area (Å²) < 4.78 is 0. The van der Waals surface area contributed by atoms with Gasteiger partial charge in [-0.15, -0.1) is 24.0 Å². The topological polar surface area (TPSA) is 73.8 Å². The summed E-state index contributed by atoms with van der Waals surface area (Å²) in [5, 5.41) is 7.27. The fourth-order valence-corrected chi connectivity index (χ4v) is 5.08. The van der Waals surface area contributed by atoms with Crippen molar-refractivity contribution in [1.82, 2.24) is 15.5 Å². The second kappa shape index (κ2) is 10.1. The smallest absolute Gasteiger partial charge is 0.233 e. The van der Waals surface area contributed by atoms with E-state index in [1.165, 1.54) is 10.5 Å². The van der Waals surface area contributed by atoms with Crippen molar-refractivity contribution >= 4 is 53.4 Å². The van der Waals surface area contributed by atoms with Crippen LogP contribution in [0.1, 0.15) is 18.4 Å². The van der Waals surface area contributed by atoms with E-state index in [0.29, 0.717) is 25.5 Å². The Morgan fingerprint density at radius 3 is 2.43 bits per heavy atom. The van der Waals surface area contributed by atoms with E-state index in [1.54, 1.807) is 7.05 Å². The molecule has 2 amide bonds. The number of hydrogen-bond donors (Lipinski definition) is 2. The number of hydrogen-bond acceptors (Lipinski definition) is 3. The number of imide groups is 1. The first-order valence-electron chi connectivity index (χ1n) is 10.3. The molecule has 3 aliphatic rings. The van der Waals surface area contributed by atoms with E-state index >= 15 is 0 Å². The van der Waals surface area contributed by atoms with Crippen LogP contribution in [0.25, 0.3) is 0 Å². The van der Waals surface area contributed by atoms with E-state index in [4.69, 9.17) is 11.6 Å². The molecule has 0 aromatic heterocycles. The van der Waals surface area contributed by atoms with Crippen LogP contribution in [0.3, 0.4) is 0 Å². The molecule has 1 saturated heterocycles. The molecule has 8 heteroatoms. The average Bonchev–Trinajstić information content (AvgIpc) is 3.39. The second-order valence-electron chi connectivity index (χ2n) is 7.99.